The summed E-state index contributed by atoms with van der Waals surface area (Å²) in [6.07, 6.45) is -4.26. The fourth-order valence-electron chi connectivity index (χ4n) is 7.21. The van der Waals surface area contributed by atoms with E-state index >= 15 is 0 Å². The van der Waals surface area contributed by atoms with Crippen molar-refractivity contribution < 1.29 is 43.2 Å². The van der Waals surface area contributed by atoms with Gasteiger partial charge in [0.25, 0.3) is 0 Å². The van der Waals surface area contributed by atoms with Crippen LogP contribution in [0.4, 0.5) is 0 Å². The first-order valence-corrected chi connectivity index (χ1v) is 12.1. The molecule has 0 aromatic heterocycles. The molecule has 1 saturated carbocycles. The van der Waals surface area contributed by atoms with Crippen LogP contribution in [0.5, 0.6) is 0 Å². The standard InChI is InChI=1S/C24H31ClO9/c1-9-13-7-14(30-11(3)26)22(5)15(31-12(4)27)8-16-23(6,34-16)18(22)19(28)24(33-13)10(2)21(29)32-20(24)17(9)25/h10,13-20,28H,1,7-8H2,2-6H3/t10-,13+,14-,15-,16+,17-,18+,19-,20-,22-,23+,24+/m0/s1. The summed E-state index contributed by atoms with van der Waals surface area (Å²) in [5.74, 6) is -3.09. The summed E-state index contributed by atoms with van der Waals surface area (Å²) in [6, 6.07) is 0. The molecule has 5 rings (SSSR count). The van der Waals surface area contributed by atoms with Crippen molar-refractivity contribution in [1.29, 1.82) is 0 Å². The molecule has 188 valence electrons. The zero-order valence-electron chi connectivity index (χ0n) is 19.9. The Morgan fingerprint density at radius 2 is 1.71 bits per heavy atom. The minimum Gasteiger partial charge on any atom is -0.462 e. The Bertz CT molecular complexity index is 968. The molecule has 0 radical (unpaired) electrons. The number of carbonyl (C=O) groups excluding carboxylic acids is 3. The minimum absolute atomic E-state index is 0.162. The Balaban J connectivity index is 1.73. The molecule has 9 nitrogen and oxygen atoms in total. The number of halogens is 1. The summed E-state index contributed by atoms with van der Waals surface area (Å²) >= 11 is 6.75. The molecule has 0 amide bonds. The molecular formula is C24H31ClO9. The number of ether oxygens (including phenoxy) is 5. The van der Waals surface area contributed by atoms with E-state index in [9.17, 15) is 19.5 Å². The van der Waals surface area contributed by atoms with Crippen molar-refractivity contribution in [2.24, 2.45) is 17.3 Å². The molecule has 34 heavy (non-hydrogen) atoms. The van der Waals surface area contributed by atoms with Crippen molar-refractivity contribution in [1.82, 2.24) is 0 Å². The van der Waals surface area contributed by atoms with Crippen molar-refractivity contribution in [3.63, 3.8) is 0 Å². The second kappa shape index (κ2) is 7.41. The molecule has 12 atom stereocenters. The number of hydrogen-bond acceptors (Lipinski definition) is 9. The zero-order chi connectivity index (χ0) is 25.0. The van der Waals surface area contributed by atoms with E-state index in [0.717, 1.165) is 0 Å². The third kappa shape index (κ3) is 2.93. The van der Waals surface area contributed by atoms with Crippen LogP contribution >= 0.6 is 11.6 Å². The van der Waals surface area contributed by atoms with Crippen LogP contribution in [-0.4, -0.2) is 76.2 Å². The first-order chi connectivity index (χ1) is 15.8. The van der Waals surface area contributed by atoms with Gasteiger partial charge in [-0.2, -0.15) is 0 Å². The van der Waals surface area contributed by atoms with Crippen LogP contribution in [0.3, 0.4) is 0 Å². The highest BCUT2D eigenvalue weighted by Gasteiger charge is 2.79. The lowest BCUT2D eigenvalue weighted by atomic mass is 9.52. The van der Waals surface area contributed by atoms with E-state index in [-0.39, 0.29) is 12.5 Å². The highest BCUT2D eigenvalue weighted by molar-refractivity contribution is 6.23. The number of epoxide rings is 1. The van der Waals surface area contributed by atoms with Crippen molar-refractivity contribution in [2.75, 3.05) is 0 Å². The van der Waals surface area contributed by atoms with E-state index < -0.39 is 82.3 Å². The predicted molar refractivity (Wildman–Crippen MR) is 117 cm³/mol. The van der Waals surface area contributed by atoms with Gasteiger partial charge in [-0.05, 0) is 19.4 Å². The molecule has 4 heterocycles. The lowest BCUT2D eigenvalue weighted by Gasteiger charge is -2.60. The maximum Gasteiger partial charge on any atom is 0.312 e. The van der Waals surface area contributed by atoms with Gasteiger partial charge in [0.1, 0.15) is 17.8 Å². The molecule has 4 aliphatic heterocycles. The largest absolute Gasteiger partial charge is 0.462 e. The van der Waals surface area contributed by atoms with E-state index in [0.29, 0.717) is 12.0 Å². The van der Waals surface area contributed by atoms with Crippen LogP contribution in [0.15, 0.2) is 12.2 Å². The molecule has 2 bridgehead atoms. The molecule has 10 heteroatoms. The van der Waals surface area contributed by atoms with Crippen LogP contribution in [0, 0.1) is 17.3 Å². The van der Waals surface area contributed by atoms with Crippen LogP contribution in [-0.2, 0) is 38.1 Å². The van der Waals surface area contributed by atoms with Gasteiger partial charge in [0.05, 0.1) is 40.6 Å². The molecule has 5 fully saturated rings. The smallest absolute Gasteiger partial charge is 0.312 e. The number of hydrogen-bond donors (Lipinski definition) is 1. The minimum atomic E-state index is -1.47. The van der Waals surface area contributed by atoms with E-state index in [1.165, 1.54) is 13.8 Å². The Morgan fingerprint density at radius 1 is 1.12 bits per heavy atom. The van der Waals surface area contributed by atoms with Crippen LogP contribution in [0.1, 0.15) is 47.5 Å². The Kier molecular flexibility index (Phi) is 5.24. The molecule has 1 spiro atoms. The monoisotopic (exact) mass is 498 g/mol. The van der Waals surface area contributed by atoms with E-state index in [4.69, 9.17) is 35.3 Å². The molecule has 0 aromatic carbocycles. The van der Waals surface area contributed by atoms with Gasteiger partial charge in [-0.3, -0.25) is 14.4 Å². The first kappa shape index (κ1) is 24.0. The van der Waals surface area contributed by atoms with Crippen molar-refractivity contribution in [3.05, 3.63) is 12.2 Å². The fraction of sp³-hybridized carbons (Fsp3) is 0.792. The first-order valence-electron chi connectivity index (χ1n) is 11.7. The average molecular weight is 499 g/mol. The summed E-state index contributed by atoms with van der Waals surface area (Å²) in [6.45, 7) is 12.1. The maximum absolute atomic E-state index is 12.8. The van der Waals surface area contributed by atoms with E-state index in [2.05, 4.69) is 6.58 Å². The summed E-state index contributed by atoms with van der Waals surface area (Å²) in [5.41, 5.74) is -2.88. The normalized spacial score (nSPS) is 53.3. The predicted octanol–water partition coefficient (Wildman–Crippen LogP) is 1.66. The second-order valence-electron chi connectivity index (χ2n) is 10.8. The third-order valence-electron chi connectivity index (χ3n) is 9.00. The quantitative estimate of drug-likeness (QED) is 0.199. The number of carbonyl (C=O) groups is 3. The number of esters is 3. The number of aliphatic hydroxyl groups excluding tert-OH is 1. The molecule has 4 saturated heterocycles. The summed E-state index contributed by atoms with van der Waals surface area (Å²) in [7, 11) is 0. The Morgan fingerprint density at radius 3 is 2.29 bits per heavy atom. The van der Waals surface area contributed by atoms with Crippen LogP contribution in [0.2, 0.25) is 0 Å². The van der Waals surface area contributed by atoms with Gasteiger partial charge in [0, 0.05) is 32.6 Å². The molecular weight excluding hydrogens is 468 g/mol. The average Bonchev–Trinajstić information content (AvgIpc) is 3.32. The number of alkyl halides is 1. The Hall–Kier alpha value is -1.68. The molecule has 0 unspecified atom stereocenters. The highest BCUT2D eigenvalue weighted by atomic mass is 35.5. The second-order valence-corrected chi connectivity index (χ2v) is 11.2. The van der Waals surface area contributed by atoms with Crippen LogP contribution in [0.25, 0.3) is 0 Å². The fourth-order valence-corrected chi connectivity index (χ4v) is 7.60. The lowest BCUT2D eigenvalue weighted by Crippen LogP contribution is -2.73. The number of aliphatic hydroxyl groups is 1. The molecule has 0 aromatic rings. The van der Waals surface area contributed by atoms with Gasteiger partial charge in [0.15, 0.2) is 6.10 Å². The molecule has 5 aliphatic rings. The van der Waals surface area contributed by atoms with Gasteiger partial charge in [-0.15, -0.1) is 11.6 Å². The Labute approximate surface area is 203 Å². The van der Waals surface area contributed by atoms with Crippen LogP contribution < -0.4 is 0 Å². The van der Waals surface area contributed by atoms with E-state index in [1.807, 2.05) is 13.8 Å². The van der Waals surface area contributed by atoms with Crippen molar-refractivity contribution in [2.45, 2.75) is 101 Å². The van der Waals surface area contributed by atoms with Gasteiger partial charge in [-0.1, -0.05) is 13.5 Å². The summed E-state index contributed by atoms with van der Waals surface area (Å²) < 4.78 is 29.9. The SMILES string of the molecule is C=C1[C@H]2C[C@H](OC(C)=O)[C@@]3(C)[C@@H](OC(C)=O)C[C@H]4O[C@@]4(C)[C@@H]3[C@H](O)[C@]3(O2)[C@@H](C)C(=O)O[C@H]3[C@H]1Cl. The zero-order valence-corrected chi connectivity index (χ0v) is 20.7. The number of fused-ring (bicyclic) bond motifs is 4. The number of rotatable bonds is 2. The maximum atomic E-state index is 12.8. The topological polar surface area (TPSA) is 121 Å². The van der Waals surface area contributed by atoms with Crippen molar-refractivity contribution in [3.8, 4) is 0 Å². The highest BCUT2D eigenvalue weighted by Crippen LogP contribution is 2.66. The molecule has 1 aliphatic carbocycles. The summed E-state index contributed by atoms with van der Waals surface area (Å²) in [4.78, 5) is 37.1. The van der Waals surface area contributed by atoms with Crippen molar-refractivity contribution >= 4 is 29.5 Å². The third-order valence-corrected chi connectivity index (χ3v) is 9.51. The summed E-state index contributed by atoms with van der Waals surface area (Å²) in [5, 5.41) is 11.4. The van der Waals surface area contributed by atoms with Gasteiger partial charge in [0.2, 0.25) is 0 Å². The van der Waals surface area contributed by atoms with Gasteiger partial charge in [-0.25, -0.2) is 0 Å². The lowest BCUT2D eigenvalue weighted by molar-refractivity contribution is -0.277. The van der Waals surface area contributed by atoms with Gasteiger partial charge >= 0.3 is 17.9 Å². The van der Waals surface area contributed by atoms with Gasteiger partial charge < -0.3 is 28.8 Å². The van der Waals surface area contributed by atoms with E-state index in [1.54, 1.807) is 6.92 Å². The molecule has 1 N–H and O–H groups in total.